The molecule has 0 bridgehead atoms. The van der Waals surface area contributed by atoms with Crippen LogP contribution >= 0.6 is 0 Å². The zero-order valence-electron chi connectivity index (χ0n) is 17.2. The van der Waals surface area contributed by atoms with Crippen LogP contribution in [0, 0.1) is 12.8 Å². The number of hydrogen-bond donors (Lipinski definition) is 1. The maximum Gasteiger partial charge on any atom is 0.270 e. The van der Waals surface area contributed by atoms with Crippen molar-refractivity contribution < 1.29 is 4.79 Å². The highest BCUT2D eigenvalue weighted by Gasteiger charge is 2.22. The number of nitrogens with zero attached hydrogens (tertiary/aromatic N) is 4. The van der Waals surface area contributed by atoms with Crippen LogP contribution in [-0.4, -0.2) is 61.0 Å². The van der Waals surface area contributed by atoms with Crippen molar-refractivity contribution in [2.24, 2.45) is 5.92 Å². The summed E-state index contributed by atoms with van der Waals surface area (Å²) in [6.45, 7) is 5.19. The van der Waals surface area contributed by atoms with E-state index in [9.17, 15) is 4.79 Å². The average molecular weight is 382 g/mol. The Morgan fingerprint density at radius 2 is 1.89 bits per heavy atom. The van der Waals surface area contributed by atoms with Crippen molar-refractivity contribution in [3.63, 3.8) is 0 Å². The zero-order chi connectivity index (χ0) is 19.9. The molecule has 1 aliphatic rings. The van der Waals surface area contributed by atoms with Crippen molar-refractivity contribution >= 4 is 11.7 Å². The topological polar surface area (TPSA) is 61.4 Å². The first-order valence-corrected chi connectivity index (χ1v) is 10.1. The molecule has 1 aliphatic heterocycles. The second kappa shape index (κ2) is 9.64. The van der Waals surface area contributed by atoms with Gasteiger partial charge in [0.2, 0.25) is 0 Å². The van der Waals surface area contributed by atoms with Crippen LogP contribution in [0.2, 0.25) is 0 Å². The molecule has 0 radical (unpaired) electrons. The fraction of sp³-hybridized carbons (Fsp3) is 0.500. The summed E-state index contributed by atoms with van der Waals surface area (Å²) in [7, 11) is 3.97. The van der Waals surface area contributed by atoms with Crippen LogP contribution in [0.15, 0.2) is 36.4 Å². The number of aromatic nitrogens is 2. The van der Waals surface area contributed by atoms with Crippen LogP contribution in [0.3, 0.4) is 0 Å². The first-order valence-electron chi connectivity index (χ1n) is 10.1. The van der Waals surface area contributed by atoms with E-state index in [2.05, 4.69) is 50.5 Å². The molecule has 0 aliphatic carbocycles. The van der Waals surface area contributed by atoms with Crippen molar-refractivity contribution in [2.45, 2.75) is 26.2 Å². The van der Waals surface area contributed by atoms with Gasteiger partial charge in [-0.15, -0.1) is 0 Å². The molecule has 3 rings (SSSR count). The summed E-state index contributed by atoms with van der Waals surface area (Å²) in [6, 6.07) is 12.5. The lowest BCUT2D eigenvalue weighted by molar-refractivity contribution is 0.0945. The van der Waals surface area contributed by atoms with Crippen molar-refractivity contribution in [3.05, 3.63) is 53.5 Å². The number of anilines is 1. The van der Waals surface area contributed by atoms with E-state index >= 15 is 0 Å². The zero-order valence-corrected chi connectivity index (χ0v) is 17.2. The Balaban J connectivity index is 1.58. The van der Waals surface area contributed by atoms with E-state index in [-0.39, 0.29) is 5.91 Å². The molecule has 28 heavy (non-hydrogen) atoms. The third kappa shape index (κ3) is 5.76. The molecule has 6 heteroatoms. The van der Waals surface area contributed by atoms with Gasteiger partial charge in [-0.1, -0.05) is 30.3 Å². The summed E-state index contributed by atoms with van der Waals surface area (Å²) in [5, 5.41) is 2.93. The van der Waals surface area contributed by atoms with Crippen LogP contribution in [0.1, 0.15) is 34.7 Å². The van der Waals surface area contributed by atoms with Gasteiger partial charge >= 0.3 is 0 Å². The normalized spacial score (nSPS) is 15.1. The van der Waals surface area contributed by atoms with E-state index in [0.29, 0.717) is 24.0 Å². The molecule has 0 saturated carbocycles. The third-order valence-corrected chi connectivity index (χ3v) is 5.21. The quantitative estimate of drug-likeness (QED) is 0.799. The second-order valence-corrected chi connectivity index (χ2v) is 7.84. The molecule has 0 unspecified atom stereocenters. The first-order chi connectivity index (χ1) is 13.5. The van der Waals surface area contributed by atoms with Crippen LogP contribution in [0.5, 0.6) is 0 Å². The lowest BCUT2D eigenvalue weighted by Crippen LogP contribution is -2.36. The van der Waals surface area contributed by atoms with Gasteiger partial charge in [0.15, 0.2) is 0 Å². The number of benzene rings is 1. The highest BCUT2D eigenvalue weighted by molar-refractivity contribution is 5.92. The molecular formula is C22H31N5O. The van der Waals surface area contributed by atoms with E-state index in [1.54, 1.807) is 0 Å². The molecule has 1 saturated heterocycles. The maximum atomic E-state index is 12.4. The third-order valence-electron chi connectivity index (χ3n) is 5.21. The lowest BCUT2D eigenvalue weighted by Gasteiger charge is -2.33. The van der Waals surface area contributed by atoms with Gasteiger partial charge in [-0.2, -0.15) is 0 Å². The van der Waals surface area contributed by atoms with Crippen molar-refractivity contribution in [2.75, 3.05) is 45.2 Å². The van der Waals surface area contributed by atoms with Crippen LogP contribution in [0.4, 0.5) is 5.82 Å². The Labute approximate surface area is 168 Å². The van der Waals surface area contributed by atoms with E-state index < -0.39 is 0 Å². The van der Waals surface area contributed by atoms with Crippen molar-refractivity contribution in [3.8, 4) is 0 Å². The predicted octanol–water partition coefficient (Wildman–Crippen LogP) is 2.54. The molecule has 2 aromatic rings. The molecule has 1 N–H and O–H groups in total. The van der Waals surface area contributed by atoms with Gasteiger partial charge < -0.3 is 15.1 Å². The minimum absolute atomic E-state index is 0.132. The van der Waals surface area contributed by atoms with E-state index in [1.165, 1.54) is 5.56 Å². The van der Waals surface area contributed by atoms with Gasteiger partial charge in [-0.25, -0.2) is 9.97 Å². The fourth-order valence-corrected chi connectivity index (χ4v) is 3.63. The standard InChI is InChI=1S/C22H31N5O/c1-17-24-20(22(28)23-11-14-26(2)3)16-21(25-17)27-12-9-19(10-13-27)15-18-7-5-4-6-8-18/h4-8,16,19H,9-15H2,1-3H3,(H,23,28). The van der Waals surface area contributed by atoms with Gasteiger partial charge in [0.25, 0.3) is 5.91 Å². The van der Waals surface area contributed by atoms with E-state index in [0.717, 1.165) is 44.7 Å². The number of aryl methyl sites for hydroxylation is 1. The molecule has 1 amide bonds. The molecule has 6 nitrogen and oxygen atoms in total. The average Bonchev–Trinajstić information content (AvgIpc) is 2.68. The van der Waals surface area contributed by atoms with Crippen LogP contribution < -0.4 is 10.2 Å². The molecule has 1 aromatic heterocycles. The number of hydrogen-bond acceptors (Lipinski definition) is 5. The van der Waals surface area contributed by atoms with Crippen LogP contribution in [-0.2, 0) is 6.42 Å². The fourth-order valence-electron chi connectivity index (χ4n) is 3.63. The number of rotatable bonds is 7. The van der Waals surface area contributed by atoms with Gasteiger partial charge in [0.1, 0.15) is 17.3 Å². The number of carbonyl (C=O) groups is 1. The minimum Gasteiger partial charge on any atom is -0.356 e. The summed E-state index contributed by atoms with van der Waals surface area (Å²) in [5.41, 5.74) is 1.86. The lowest BCUT2D eigenvalue weighted by atomic mass is 9.90. The first kappa shape index (κ1) is 20.3. The Morgan fingerprint density at radius 3 is 2.57 bits per heavy atom. The molecular weight excluding hydrogens is 350 g/mol. The summed E-state index contributed by atoms with van der Waals surface area (Å²) >= 11 is 0. The number of piperidine rings is 1. The van der Waals surface area contributed by atoms with Gasteiger partial charge in [0.05, 0.1) is 0 Å². The van der Waals surface area contributed by atoms with Crippen molar-refractivity contribution in [1.29, 1.82) is 0 Å². The number of amides is 1. The number of nitrogens with one attached hydrogen (secondary N) is 1. The Hall–Kier alpha value is -2.47. The summed E-state index contributed by atoms with van der Waals surface area (Å²) in [6.07, 6.45) is 3.42. The monoisotopic (exact) mass is 381 g/mol. The minimum atomic E-state index is -0.132. The molecule has 1 fully saturated rings. The predicted molar refractivity (Wildman–Crippen MR) is 113 cm³/mol. The molecule has 150 valence electrons. The highest BCUT2D eigenvalue weighted by Crippen LogP contribution is 2.25. The van der Waals surface area contributed by atoms with Gasteiger partial charge in [0, 0.05) is 32.2 Å². The SMILES string of the molecule is Cc1nc(C(=O)NCCN(C)C)cc(N2CCC(Cc3ccccc3)CC2)n1. The maximum absolute atomic E-state index is 12.4. The van der Waals surface area contributed by atoms with Gasteiger partial charge in [-0.05, 0) is 51.8 Å². The molecule has 0 atom stereocenters. The largest absolute Gasteiger partial charge is 0.356 e. The summed E-state index contributed by atoms with van der Waals surface area (Å²) < 4.78 is 0. The molecule has 2 heterocycles. The Bertz CT molecular complexity index is 770. The molecule has 0 spiro atoms. The summed E-state index contributed by atoms with van der Waals surface area (Å²) in [4.78, 5) is 25.7. The highest BCUT2D eigenvalue weighted by atomic mass is 16.1. The van der Waals surface area contributed by atoms with Crippen LogP contribution in [0.25, 0.3) is 0 Å². The number of likely N-dealkylation sites (N-methyl/N-ethyl adjacent to an activating group) is 1. The van der Waals surface area contributed by atoms with E-state index in [4.69, 9.17) is 0 Å². The van der Waals surface area contributed by atoms with E-state index in [1.807, 2.05) is 32.0 Å². The molecule has 1 aromatic carbocycles. The van der Waals surface area contributed by atoms with Crippen molar-refractivity contribution in [1.82, 2.24) is 20.2 Å². The number of carbonyl (C=O) groups excluding carboxylic acids is 1. The Kier molecular flexibility index (Phi) is 6.98. The smallest absolute Gasteiger partial charge is 0.270 e. The van der Waals surface area contributed by atoms with Gasteiger partial charge in [-0.3, -0.25) is 4.79 Å². The Morgan fingerprint density at radius 1 is 1.18 bits per heavy atom. The second-order valence-electron chi connectivity index (χ2n) is 7.84. The summed E-state index contributed by atoms with van der Waals surface area (Å²) in [5.74, 6) is 2.08.